The minimum absolute atomic E-state index is 0.0921. The Balaban J connectivity index is 2.80. The van der Waals surface area contributed by atoms with Crippen molar-refractivity contribution in [2.24, 2.45) is 10.7 Å². The third-order valence-corrected chi connectivity index (χ3v) is 3.60. The molecular formula is C21H33FN4O4. The molecule has 9 heteroatoms. The average molecular weight is 425 g/mol. The third-order valence-electron chi connectivity index (χ3n) is 3.60. The Morgan fingerprint density at radius 2 is 1.73 bits per heavy atom. The van der Waals surface area contributed by atoms with Crippen molar-refractivity contribution in [1.29, 1.82) is 0 Å². The van der Waals surface area contributed by atoms with Crippen molar-refractivity contribution < 1.29 is 23.5 Å². The smallest absolute Gasteiger partial charge is 0.437 e. The molecule has 30 heavy (non-hydrogen) atoms. The van der Waals surface area contributed by atoms with Crippen molar-refractivity contribution in [3.8, 4) is 0 Å². The lowest BCUT2D eigenvalue weighted by atomic mass is 10.1. The molecule has 0 heterocycles. The molecule has 0 aromatic heterocycles. The van der Waals surface area contributed by atoms with E-state index in [-0.39, 0.29) is 12.5 Å². The van der Waals surface area contributed by atoms with Gasteiger partial charge in [0.05, 0.1) is 0 Å². The fraction of sp³-hybridized carbons (Fsp3) is 0.571. The molecule has 0 bridgehead atoms. The minimum Gasteiger partial charge on any atom is -0.444 e. The van der Waals surface area contributed by atoms with E-state index >= 15 is 0 Å². The van der Waals surface area contributed by atoms with Crippen LogP contribution in [0.4, 0.5) is 19.7 Å². The minimum atomic E-state index is -0.816. The predicted molar refractivity (Wildman–Crippen MR) is 115 cm³/mol. The predicted octanol–water partition coefficient (Wildman–Crippen LogP) is 3.97. The van der Waals surface area contributed by atoms with Crippen LogP contribution < -0.4 is 16.0 Å². The Morgan fingerprint density at radius 3 is 2.23 bits per heavy atom. The first kappa shape index (κ1) is 25.2. The van der Waals surface area contributed by atoms with E-state index in [0.717, 1.165) is 0 Å². The average Bonchev–Trinajstić information content (AvgIpc) is 2.53. The molecule has 1 aromatic rings. The van der Waals surface area contributed by atoms with Gasteiger partial charge >= 0.3 is 12.2 Å². The molecule has 168 valence electrons. The number of alkyl carbamates (subject to hydrolysis) is 1. The van der Waals surface area contributed by atoms with Crippen LogP contribution in [0.1, 0.15) is 54.0 Å². The van der Waals surface area contributed by atoms with Gasteiger partial charge < -0.3 is 25.4 Å². The first-order chi connectivity index (χ1) is 13.7. The molecule has 0 aliphatic carbocycles. The van der Waals surface area contributed by atoms with Gasteiger partial charge in [-0.05, 0) is 72.6 Å². The molecule has 1 aromatic carbocycles. The summed E-state index contributed by atoms with van der Waals surface area (Å²) in [6.07, 6.45) is -1.08. The summed E-state index contributed by atoms with van der Waals surface area (Å²) in [7, 11) is 0. The standard InChI is InChI=1S/C21H33FN4O4/c1-8-26(17(23)25-19(28)30-21(5,6)7)15-10-9-14(16(22)13-15)11-12-24-18(27)29-20(2,3)4/h9-10,13H,8,11-12H2,1-7H3,(H,24,27)(H2,23,25,28). The van der Waals surface area contributed by atoms with Crippen LogP contribution in [0, 0.1) is 5.82 Å². The summed E-state index contributed by atoms with van der Waals surface area (Å²) in [6, 6.07) is 4.58. The number of carbonyl (C=O) groups is 2. The maximum Gasteiger partial charge on any atom is 0.437 e. The second-order valence-electron chi connectivity index (χ2n) is 8.65. The highest BCUT2D eigenvalue weighted by molar-refractivity contribution is 6.00. The van der Waals surface area contributed by atoms with E-state index in [9.17, 15) is 14.0 Å². The first-order valence-electron chi connectivity index (χ1n) is 9.82. The maximum atomic E-state index is 14.5. The summed E-state index contributed by atoms with van der Waals surface area (Å²) in [5.41, 5.74) is 5.50. The molecule has 0 aliphatic heterocycles. The Hall–Kier alpha value is -2.84. The van der Waals surface area contributed by atoms with Gasteiger partial charge in [-0.3, -0.25) is 0 Å². The number of hydrogen-bond acceptors (Lipinski definition) is 4. The van der Waals surface area contributed by atoms with Crippen LogP contribution in [0.25, 0.3) is 0 Å². The van der Waals surface area contributed by atoms with Crippen LogP contribution in [0.3, 0.4) is 0 Å². The molecule has 1 rings (SSSR count). The fourth-order valence-corrected chi connectivity index (χ4v) is 2.44. The van der Waals surface area contributed by atoms with Crippen molar-refractivity contribution in [1.82, 2.24) is 5.32 Å². The van der Waals surface area contributed by atoms with Gasteiger partial charge in [-0.25, -0.2) is 14.0 Å². The Bertz CT molecular complexity index is 782. The molecule has 3 N–H and O–H groups in total. The van der Waals surface area contributed by atoms with Crippen LogP contribution in [-0.4, -0.2) is 42.4 Å². The zero-order chi connectivity index (χ0) is 23.1. The van der Waals surface area contributed by atoms with E-state index in [1.54, 1.807) is 60.6 Å². The van der Waals surface area contributed by atoms with Gasteiger partial charge in [-0.15, -0.1) is 4.99 Å². The second-order valence-corrected chi connectivity index (χ2v) is 8.65. The van der Waals surface area contributed by atoms with Gasteiger partial charge in [-0.1, -0.05) is 6.07 Å². The largest absolute Gasteiger partial charge is 0.444 e. The highest BCUT2D eigenvalue weighted by atomic mass is 19.1. The van der Waals surface area contributed by atoms with Crippen LogP contribution in [0.15, 0.2) is 23.2 Å². The Labute approximate surface area is 177 Å². The van der Waals surface area contributed by atoms with E-state index in [1.165, 1.54) is 11.0 Å². The summed E-state index contributed by atoms with van der Waals surface area (Å²) >= 11 is 0. The molecule has 0 spiro atoms. The molecule has 2 amide bonds. The number of ether oxygens (including phenoxy) is 2. The number of nitrogens with one attached hydrogen (secondary N) is 1. The summed E-state index contributed by atoms with van der Waals surface area (Å²) < 4.78 is 24.8. The zero-order valence-electron chi connectivity index (χ0n) is 18.8. The number of carbonyl (C=O) groups excluding carboxylic acids is 2. The summed E-state index contributed by atoms with van der Waals surface area (Å²) in [5, 5.41) is 2.59. The molecule has 0 unspecified atom stereocenters. The van der Waals surface area contributed by atoms with Gasteiger partial charge in [0.25, 0.3) is 0 Å². The molecule has 0 radical (unpaired) electrons. The highest BCUT2D eigenvalue weighted by Gasteiger charge is 2.19. The quantitative estimate of drug-likeness (QED) is 0.547. The SMILES string of the molecule is CCN(C(N)=NC(=O)OC(C)(C)C)c1ccc(CCNC(=O)OC(C)(C)C)c(F)c1. The number of nitrogens with zero attached hydrogens (tertiary/aromatic N) is 2. The van der Waals surface area contributed by atoms with Gasteiger partial charge in [0.15, 0.2) is 0 Å². The van der Waals surface area contributed by atoms with E-state index in [1.807, 2.05) is 0 Å². The van der Waals surface area contributed by atoms with Crippen LogP contribution >= 0.6 is 0 Å². The fourth-order valence-electron chi connectivity index (χ4n) is 2.44. The number of benzene rings is 1. The normalized spacial score (nSPS) is 12.3. The van der Waals surface area contributed by atoms with Crippen molar-refractivity contribution >= 4 is 23.8 Å². The third kappa shape index (κ3) is 9.11. The first-order valence-corrected chi connectivity index (χ1v) is 9.82. The van der Waals surface area contributed by atoms with Crippen molar-refractivity contribution in [2.45, 2.75) is 66.1 Å². The van der Waals surface area contributed by atoms with Gasteiger partial charge in [0.1, 0.15) is 17.0 Å². The maximum absolute atomic E-state index is 14.5. The van der Waals surface area contributed by atoms with Crippen LogP contribution in [0.5, 0.6) is 0 Å². The number of anilines is 1. The van der Waals surface area contributed by atoms with Crippen LogP contribution in [-0.2, 0) is 15.9 Å². The van der Waals surface area contributed by atoms with Gasteiger partial charge in [0, 0.05) is 18.8 Å². The summed E-state index contributed by atoms with van der Waals surface area (Å²) in [5.74, 6) is -0.549. The van der Waals surface area contributed by atoms with Gasteiger partial charge in [0.2, 0.25) is 5.96 Å². The van der Waals surface area contributed by atoms with Crippen molar-refractivity contribution in [2.75, 3.05) is 18.0 Å². The highest BCUT2D eigenvalue weighted by Crippen LogP contribution is 2.19. The lowest BCUT2D eigenvalue weighted by molar-refractivity contribution is 0.0526. The number of nitrogens with two attached hydrogens (primary N) is 1. The Morgan fingerprint density at radius 1 is 1.13 bits per heavy atom. The van der Waals surface area contributed by atoms with E-state index < -0.39 is 29.2 Å². The lowest BCUT2D eigenvalue weighted by Crippen LogP contribution is -2.38. The van der Waals surface area contributed by atoms with E-state index in [2.05, 4.69) is 10.3 Å². The van der Waals surface area contributed by atoms with E-state index in [4.69, 9.17) is 15.2 Å². The molecule has 0 aliphatic rings. The second kappa shape index (κ2) is 10.3. The molecule has 0 fully saturated rings. The number of hydrogen-bond donors (Lipinski definition) is 2. The summed E-state index contributed by atoms with van der Waals surface area (Å²) in [4.78, 5) is 28.8. The molecule has 0 atom stereocenters. The topological polar surface area (TPSA) is 106 Å². The van der Waals surface area contributed by atoms with Crippen molar-refractivity contribution in [3.63, 3.8) is 0 Å². The summed E-state index contributed by atoms with van der Waals surface area (Å²) in [6.45, 7) is 12.9. The molecule has 8 nitrogen and oxygen atoms in total. The van der Waals surface area contributed by atoms with Gasteiger partial charge in [-0.2, -0.15) is 0 Å². The zero-order valence-corrected chi connectivity index (χ0v) is 18.8. The number of halogens is 1. The molecule has 0 saturated carbocycles. The Kier molecular flexibility index (Phi) is 8.62. The number of aliphatic imine (C=N–C) groups is 1. The van der Waals surface area contributed by atoms with E-state index in [0.29, 0.717) is 24.2 Å². The number of rotatable bonds is 5. The lowest BCUT2D eigenvalue weighted by Gasteiger charge is -2.23. The van der Waals surface area contributed by atoms with Crippen molar-refractivity contribution in [3.05, 3.63) is 29.6 Å². The van der Waals surface area contributed by atoms with Crippen LogP contribution in [0.2, 0.25) is 0 Å². The number of guanidine groups is 1. The monoisotopic (exact) mass is 424 g/mol. The molecule has 0 saturated heterocycles. The number of amides is 2. The molecular weight excluding hydrogens is 391 g/mol.